The Balaban J connectivity index is 1.64. The summed E-state index contributed by atoms with van der Waals surface area (Å²) < 4.78 is 0.961. The van der Waals surface area contributed by atoms with E-state index in [0.717, 1.165) is 32.7 Å². The summed E-state index contributed by atoms with van der Waals surface area (Å²) in [5.74, 6) is 0.928. The fourth-order valence-electron chi connectivity index (χ4n) is 4.31. The quantitative estimate of drug-likeness (QED) is 0.210. The number of nitriles is 1. The van der Waals surface area contributed by atoms with Crippen molar-refractivity contribution in [2.24, 2.45) is 10.2 Å². The predicted octanol–water partition coefficient (Wildman–Crippen LogP) is 9.35. The molecular weight excluding hydrogens is 514 g/mol. The molecule has 2 heterocycles. The molecule has 5 rings (SSSR count). The van der Waals surface area contributed by atoms with E-state index in [-0.39, 0.29) is 0 Å². The van der Waals surface area contributed by atoms with Crippen LogP contribution in [0.15, 0.2) is 70.9 Å². The molecule has 2 N–H and O–H groups in total. The van der Waals surface area contributed by atoms with Crippen LogP contribution in [-0.2, 0) is 0 Å². The van der Waals surface area contributed by atoms with Crippen molar-refractivity contribution in [3.05, 3.63) is 93.5 Å². The topological polar surface area (TPSA) is 98.3 Å². The summed E-state index contributed by atoms with van der Waals surface area (Å²) in [6.07, 6.45) is 0. The highest BCUT2D eigenvalue weighted by Gasteiger charge is 2.19. The molecule has 7 nitrogen and oxygen atoms in total. The molecule has 9 heteroatoms. The maximum Gasteiger partial charge on any atom is 0.231 e. The van der Waals surface area contributed by atoms with Crippen LogP contribution in [0.25, 0.3) is 10.2 Å². The van der Waals surface area contributed by atoms with Gasteiger partial charge in [0.25, 0.3) is 0 Å². The number of nitrogens with zero attached hydrogens (tertiary/aromatic N) is 5. The van der Waals surface area contributed by atoms with Crippen LogP contribution in [0.5, 0.6) is 0 Å². The molecule has 0 saturated heterocycles. The zero-order valence-corrected chi connectivity index (χ0v) is 22.9. The van der Waals surface area contributed by atoms with Crippen molar-refractivity contribution in [3.8, 4) is 6.07 Å². The smallest absolute Gasteiger partial charge is 0.231 e. The number of rotatable bonds is 6. The number of halogens is 1. The van der Waals surface area contributed by atoms with Crippen LogP contribution in [-0.4, -0.2) is 9.97 Å². The first-order valence-electron chi connectivity index (χ1n) is 11.9. The minimum Gasteiger partial charge on any atom is -0.339 e. The Morgan fingerprint density at radius 1 is 0.868 bits per heavy atom. The fourth-order valence-corrected chi connectivity index (χ4v) is 5.24. The number of aryl methyl sites for hydroxylation is 3. The van der Waals surface area contributed by atoms with Gasteiger partial charge in [-0.25, -0.2) is 9.97 Å². The van der Waals surface area contributed by atoms with Crippen LogP contribution < -0.4 is 10.6 Å². The molecule has 2 aromatic heterocycles. The molecule has 5 aromatic rings. The van der Waals surface area contributed by atoms with Crippen LogP contribution in [0.3, 0.4) is 0 Å². The van der Waals surface area contributed by atoms with Crippen molar-refractivity contribution in [3.63, 3.8) is 0 Å². The van der Waals surface area contributed by atoms with E-state index < -0.39 is 0 Å². The third-order valence-electron chi connectivity index (χ3n) is 6.06. The Bertz CT molecular complexity index is 1710. The molecular formula is C29H24ClN7S. The van der Waals surface area contributed by atoms with Gasteiger partial charge >= 0.3 is 0 Å². The van der Waals surface area contributed by atoms with E-state index in [1.54, 1.807) is 6.07 Å². The Kier molecular flexibility index (Phi) is 7.05. The lowest BCUT2D eigenvalue weighted by Gasteiger charge is -2.18. The first-order chi connectivity index (χ1) is 18.3. The number of aromatic nitrogens is 2. The second-order valence-electron chi connectivity index (χ2n) is 8.97. The largest absolute Gasteiger partial charge is 0.339 e. The molecule has 0 spiro atoms. The zero-order chi connectivity index (χ0) is 26.8. The van der Waals surface area contributed by atoms with Gasteiger partial charge in [-0.2, -0.15) is 5.26 Å². The Morgan fingerprint density at radius 3 is 2.32 bits per heavy atom. The first kappa shape index (κ1) is 25.3. The van der Waals surface area contributed by atoms with E-state index in [1.165, 1.54) is 16.9 Å². The van der Waals surface area contributed by atoms with Gasteiger partial charge in [0.05, 0.1) is 15.8 Å². The SMILES string of the molecule is Cc1cc(C)c(Nc2nc(Nc3ccccc3)c(C#N)c(C)c2N=Nc2nc3cc(Cl)ccc3s2)c(C)c1. The van der Waals surface area contributed by atoms with Gasteiger partial charge < -0.3 is 10.6 Å². The third kappa shape index (κ3) is 5.21. The lowest BCUT2D eigenvalue weighted by atomic mass is 10.0. The lowest BCUT2D eigenvalue weighted by Crippen LogP contribution is -2.05. The van der Waals surface area contributed by atoms with E-state index in [4.69, 9.17) is 16.6 Å². The second kappa shape index (κ2) is 10.6. The van der Waals surface area contributed by atoms with Crippen LogP contribution in [0.2, 0.25) is 5.02 Å². The van der Waals surface area contributed by atoms with E-state index in [2.05, 4.69) is 64.8 Å². The summed E-state index contributed by atoms with van der Waals surface area (Å²) in [5.41, 5.74) is 7.37. The molecule has 0 aliphatic rings. The molecule has 0 atom stereocenters. The maximum atomic E-state index is 10.1. The lowest BCUT2D eigenvalue weighted by molar-refractivity contribution is 1.15. The molecule has 0 fully saturated rings. The minimum absolute atomic E-state index is 0.391. The van der Waals surface area contributed by atoms with Crippen LogP contribution in [0.4, 0.5) is 33.8 Å². The number of pyridine rings is 1. The molecule has 0 amide bonds. The fraction of sp³-hybridized carbons (Fsp3) is 0.138. The first-order valence-corrected chi connectivity index (χ1v) is 13.1. The molecule has 38 heavy (non-hydrogen) atoms. The second-order valence-corrected chi connectivity index (χ2v) is 10.4. The number of hydrogen-bond donors (Lipinski definition) is 2. The highest BCUT2D eigenvalue weighted by atomic mass is 35.5. The van der Waals surface area contributed by atoms with Crippen molar-refractivity contribution in [1.29, 1.82) is 5.26 Å². The summed E-state index contributed by atoms with van der Waals surface area (Å²) in [6.45, 7) is 8.02. The van der Waals surface area contributed by atoms with Crippen LogP contribution >= 0.6 is 22.9 Å². The van der Waals surface area contributed by atoms with Gasteiger partial charge in [0.2, 0.25) is 5.13 Å². The van der Waals surface area contributed by atoms with Crippen molar-refractivity contribution in [2.75, 3.05) is 10.6 Å². The average Bonchev–Trinajstić information content (AvgIpc) is 3.28. The number of anilines is 4. The number of hydrogen-bond acceptors (Lipinski definition) is 8. The average molecular weight is 538 g/mol. The predicted molar refractivity (Wildman–Crippen MR) is 156 cm³/mol. The van der Waals surface area contributed by atoms with Crippen LogP contribution in [0, 0.1) is 39.0 Å². The van der Waals surface area contributed by atoms with Crippen molar-refractivity contribution in [2.45, 2.75) is 27.7 Å². The van der Waals surface area contributed by atoms with Gasteiger partial charge in [-0.3, -0.25) is 0 Å². The Labute approximate surface area is 229 Å². The van der Waals surface area contributed by atoms with Gasteiger partial charge in [0.15, 0.2) is 11.6 Å². The van der Waals surface area contributed by atoms with E-state index in [9.17, 15) is 5.26 Å². The third-order valence-corrected chi connectivity index (χ3v) is 7.21. The summed E-state index contributed by atoms with van der Waals surface area (Å²) in [5, 5.41) is 26.9. The Hall–Kier alpha value is -4.32. The molecule has 0 saturated carbocycles. The van der Waals surface area contributed by atoms with E-state index in [1.807, 2.05) is 49.4 Å². The molecule has 0 unspecified atom stereocenters. The monoisotopic (exact) mass is 537 g/mol. The molecule has 3 aromatic carbocycles. The minimum atomic E-state index is 0.391. The van der Waals surface area contributed by atoms with Crippen molar-refractivity contribution >= 4 is 67.0 Å². The molecule has 0 radical (unpaired) electrons. The van der Waals surface area contributed by atoms with Crippen molar-refractivity contribution < 1.29 is 0 Å². The normalized spacial score (nSPS) is 11.2. The number of para-hydroxylation sites is 1. The molecule has 0 bridgehead atoms. The summed E-state index contributed by atoms with van der Waals surface area (Å²) in [4.78, 5) is 9.37. The highest BCUT2D eigenvalue weighted by molar-refractivity contribution is 7.21. The van der Waals surface area contributed by atoms with Crippen molar-refractivity contribution in [1.82, 2.24) is 9.97 Å². The van der Waals surface area contributed by atoms with Gasteiger partial charge in [0.1, 0.15) is 11.8 Å². The van der Waals surface area contributed by atoms with Crippen LogP contribution in [0.1, 0.15) is 27.8 Å². The molecule has 0 aliphatic carbocycles. The van der Waals surface area contributed by atoms with Gasteiger partial charge in [-0.05, 0) is 69.2 Å². The molecule has 188 valence electrons. The molecule has 0 aliphatic heterocycles. The number of nitrogens with one attached hydrogen (secondary N) is 2. The van der Waals surface area contributed by atoms with Gasteiger partial charge in [-0.1, -0.05) is 58.8 Å². The zero-order valence-electron chi connectivity index (χ0n) is 21.3. The van der Waals surface area contributed by atoms with E-state index >= 15 is 0 Å². The standard InChI is InChI=1S/C29H24ClN7S/c1-16-12-17(2)25(18(3)13-16)34-28-26(36-37-29-33-23-14-20(30)10-11-24(23)38-29)19(4)22(15-31)27(35-28)32-21-8-6-5-7-9-21/h5-14H,1-4H3,(H2,32,34,35). The number of benzene rings is 3. The summed E-state index contributed by atoms with van der Waals surface area (Å²) in [7, 11) is 0. The van der Waals surface area contributed by atoms with Gasteiger partial charge in [0, 0.05) is 22.0 Å². The summed E-state index contributed by atoms with van der Waals surface area (Å²) in [6, 6.07) is 21.7. The van der Waals surface area contributed by atoms with Gasteiger partial charge in [-0.15, -0.1) is 10.2 Å². The number of thiazole rings is 1. The number of fused-ring (bicyclic) bond motifs is 1. The maximum absolute atomic E-state index is 10.1. The highest BCUT2D eigenvalue weighted by Crippen LogP contribution is 2.39. The summed E-state index contributed by atoms with van der Waals surface area (Å²) >= 11 is 7.53. The Morgan fingerprint density at radius 2 is 1.61 bits per heavy atom. The number of azo groups is 1. The van der Waals surface area contributed by atoms with E-state index in [0.29, 0.717) is 38.6 Å².